The summed E-state index contributed by atoms with van der Waals surface area (Å²) < 4.78 is 4.45. The number of hydrogen-bond acceptors (Lipinski definition) is 5. The number of carboxylic acids is 1. The van der Waals surface area contributed by atoms with Gasteiger partial charge in [0.15, 0.2) is 0 Å². The smallest absolute Gasteiger partial charge is 0.322 e. The van der Waals surface area contributed by atoms with Crippen molar-refractivity contribution >= 4 is 11.9 Å². The predicted molar refractivity (Wildman–Crippen MR) is 60.7 cm³/mol. The molecule has 0 saturated heterocycles. The molecule has 0 aromatic carbocycles. The largest absolute Gasteiger partial charge is 0.480 e. The van der Waals surface area contributed by atoms with Crippen molar-refractivity contribution in [3.63, 3.8) is 0 Å². The zero-order valence-electron chi connectivity index (χ0n) is 10.3. The van der Waals surface area contributed by atoms with Gasteiger partial charge in [-0.15, -0.1) is 0 Å². The van der Waals surface area contributed by atoms with Gasteiger partial charge in [-0.25, -0.2) is 0 Å². The molecular weight excluding hydrogens is 212 g/mol. The second kappa shape index (κ2) is 9.11. The number of carbonyl (C=O) groups excluding carboxylic acids is 1. The summed E-state index contributed by atoms with van der Waals surface area (Å²) in [5, 5.41) is 7.87. The number of nitrogens with two attached hydrogens (primary N) is 2. The van der Waals surface area contributed by atoms with Crippen molar-refractivity contribution in [3.8, 4) is 0 Å². The highest BCUT2D eigenvalue weighted by atomic mass is 16.5. The van der Waals surface area contributed by atoms with Crippen LogP contribution in [0.15, 0.2) is 0 Å². The van der Waals surface area contributed by atoms with Gasteiger partial charge < -0.3 is 21.3 Å². The Morgan fingerprint density at radius 2 is 1.62 bits per heavy atom. The van der Waals surface area contributed by atoms with Crippen molar-refractivity contribution in [1.82, 2.24) is 0 Å². The van der Waals surface area contributed by atoms with Crippen LogP contribution >= 0.6 is 0 Å². The fourth-order valence-electron chi connectivity index (χ4n) is 0.755. The van der Waals surface area contributed by atoms with Gasteiger partial charge in [0, 0.05) is 0 Å². The van der Waals surface area contributed by atoms with Crippen LogP contribution in [-0.2, 0) is 14.3 Å². The Morgan fingerprint density at radius 3 is 1.81 bits per heavy atom. The summed E-state index contributed by atoms with van der Waals surface area (Å²) in [7, 11) is 1.35. The van der Waals surface area contributed by atoms with E-state index in [0.29, 0.717) is 12.3 Å². The second-order valence-corrected chi connectivity index (χ2v) is 3.89. The van der Waals surface area contributed by atoms with Gasteiger partial charge in [-0.2, -0.15) is 0 Å². The summed E-state index contributed by atoms with van der Waals surface area (Å²) in [6, 6.07) is -1.19. The van der Waals surface area contributed by atoms with E-state index in [-0.39, 0.29) is 5.97 Å². The Labute approximate surface area is 95.9 Å². The van der Waals surface area contributed by atoms with Crippen molar-refractivity contribution in [1.29, 1.82) is 0 Å². The van der Waals surface area contributed by atoms with Crippen LogP contribution in [0.5, 0.6) is 0 Å². The highest BCUT2D eigenvalue weighted by Crippen LogP contribution is 2.02. The number of methoxy groups -OCH3 is 1. The molecule has 5 N–H and O–H groups in total. The number of carboxylic acid groups (broad SMARTS) is 1. The summed E-state index contributed by atoms with van der Waals surface area (Å²) in [4.78, 5) is 20.3. The van der Waals surface area contributed by atoms with Crippen molar-refractivity contribution in [2.45, 2.75) is 39.3 Å². The molecule has 0 heterocycles. The molecule has 6 nitrogen and oxygen atoms in total. The van der Waals surface area contributed by atoms with Gasteiger partial charge in [-0.3, -0.25) is 9.59 Å². The predicted octanol–water partition coefficient (Wildman–Crippen LogP) is -0.0490. The van der Waals surface area contributed by atoms with E-state index in [0.717, 1.165) is 0 Å². The number of hydrogen-bond donors (Lipinski definition) is 3. The maximum Gasteiger partial charge on any atom is 0.322 e. The maximum absolute atomic E-state index is 10.7. The Hall–Kier alpha value is -1.14. The normalized spacial score (nSPS) is 13.4. The third-order valence-corrected chi connectivity index (χ3v) is 1.62. The van der Waals surface area contributed by atoms with E-state index < -0.39 is 18.1 Å². The van der Waals surface area contributed by atoms with Crippen molar-refractivity contribution < 1.29 is 19.4 Å². The van der Waals surface area contributed by atoms with E-state index in [1.54, 1.807) is 0 Å². The molecule has 0 aliphatic rings. The number of ether oxygens (including phenoxy) is 1. The van der Waals surface area contributed by atoms with Crippen molar-refractivity contribution in [3.05, 3.63) is 0 Å². The lowest BCUT2D eigenvalue weighted by Gasteiger charge is -2.10. The molecule has 0 spiro atoms. The molecule has 0 radical (unpaired) electrons. The molecule has 6 heteroatoms. The first-order valence-corrected chi connectivity index (χ1v) is 5.04. The summed E-state index contributed by atoms with van der Waals surface area (Å²) in [6.45, 7) is 5.45. The average Bonchev–Trinajstić information content (AvgIpc) is 2.16. The van der Waals surface area contributed by atoms with Crippen LogP contribution in [0.4, 0.5) is 0 Å². The number of esters is 1. The number of aliphatic carboxylic acids is 1. The molecule has 2 atom stereocenters. The molecule has 0 saturated carbocycles. The molecule has 0 aromatic heterocycles. The minimum absolute atomic E-state index is 0.325. The molecule has 96 valence electrons. The molecule has 0 aliphatic carbocycles. The maximum atomic E-state index is 10.7. The zero-order valence-corrected chi connectivity index (χ0v) is 10.3. The van der Waals surface area contributed by atoms with Gasteiger partial charge in [-0.1, -0.05) is 13.8 Å². The molecule has 0 rings (SSSR count). The van der Waals surface area contributed by atoms with Crippen LogP contribution in [0.1, 0.15) is 27.2 Å². The first-order valence-electron chi connectivity index (χ1n) is 5.04. The second-order valence-electron chi connectivity index (χ2n) is 3.89. The molecule has 0 unspecified atom stereocenters. The lowest BCUT2D eigenvalue weighted by atomic mass is 10.1. The third-order valence-electron chi connectivity index (χ3n) is 1.62. The minimum atomic E-state index is -0.963. The Kier molecular flexibility index (Phi) is 9.83. The minimum Gasteiger partial charge on any atom is -0.480 e. The monoisotopic (exact) mass is 234 g/mol. The van der Waals surface area contributed by atoms with Gasteiger partial charge in [0.1, 0.15) is 12.1 Å². The lowest BCUT2D eigenvalue weighted by molar-refractivity contribution is -0.142. The Balaban J connectivity index is 0. The Morgan fingerprint density at radius 1 is 1.25 bits per heavy atom. The lowest BCUT2D eigenvalue weighted by Crippen LogP contribution is -2.32. The third kappa shape index (κ3) is 10.9. The highest BCUT2D eigenvalue weighted by Gasteiger charge is 2.14. The van der Waals surface area contributed by atoms with Crippen LogP contribution in [0.2, 0.25) is 0 Å². The van der Waals surface area contributed by atoms with Gasteiger partial charge >= 0.3 is 11.9 Å². The number of carbonyl (C=O) groups is 2. The summed E-state index contributed by atoms with van der Waals surface area (Å²) in [6.07, 6.45) is 0.687. The molecule has 0 aromatic rings. The fraction of sp³-hybridized carbons (Fsp3) is 0.800. The SMILES string of the molecule is COC(=O)[C@@H](N)CC(C)C.C[C@H](N)C(=O)O. The van der Waals surface area contributed by atoms with Gasteiger partial charge in [-0.05, 0) is 19.3 Å². The summed E-state index contributed by atoms with van der Waals surface area (Å²) in [5.74, 6) is -0.849. The van der Waals surface area contributed by atoms with E-state index >= 15 is 0 Å². The number of rotatable bonds is 4. The van der Waals surface area contributed by atoms with Crippen LogP contribution in [0, 0.1) is 5.92 Å². The quantitative estimate of drug-likeness (QED) is 0.587. The first kappa shape index (κ1) is 17.3. The highest BCUT2D eigenvalue weighted by molar-refractivity contribution is 5.75. The molecule has 0 aliphatic heterocycles. The molecule has 16 heavy (non-hydrogen) atoms. The van der Waals surface area contributed by atoms with Gasteiger partial charge in [0.05, 0.1) is 7.11 Å². The van der Waals surface area contributed by atoms with Crippen molar-refractivity contribution in [2.75, 3.05) is 7.11 Å². The van der Waals surface area contributed by atoms with Crippen molar-refractivity contribution in [2.24, 2.45) is 17.4 Å². The molecule has 0 amide bonds. The van der Waals surface area contributed by atoms with Gasteiger partial charge in [0.2, 0.25) is 0 Å². The van der Waals surface area contributed by atoms with Gasteiger partial charge in [0.25, 0.3) is 0 Å². The van der Waals surface area contributed by atoms with E-state index in [9.17, 15) is 9.59 Å². The van der Waals surface area contributed by atoms with E-state index in [1.807, 2.05) is 13.8 Å². The molecule has 0 fully saturated rings. The Bertz CT molecular complexity index is 217. The zero-order chi connectivity index (χ0) is 13.3. The van der Waals surface area contributed by atoms with Crippen LogP contribution in [0.25, 0.3) is 0 Å². The summed E-state index contributed by atoms with van der Waals surface area (Å²) in [5.41, 5.74) is 10.3. The first-order chi connectivity index (χ1) is 7.22. The molecule has 0 bridgehead atoms. The van der Waals surface area contributed by atoms with E-state index in [4.69, 9.17) is 16.6 Å². The average molecular weight is 234 g/mol. The fourth-order valence-corrected chi connectivity index (χ4v) is 0.755. The van der Waals surface area contributed by atoms with Crippen LogP contribution in [0.3, 0.4) is 0 Å². The standard InChI is InChI=1S/C7H15NO2.C3H7NO2/c1-5(2)4-6(8)7(9)10-3;1-2(4)3(5)6/h5-6H,4,8H2,1-3H3;2H,4H2,1H3,(H,5,6)/t6-;2-/m00/s1. The van der Waals surface area contributed by atoms with E-state index in [2.05, 4.69) is 4.74 Å². The van der Waals surface area contributed by atoms with Crippen LogP contribution in [-0.4, -0.2) is 36.2 Å². The van der Waals surface area contributed by atoms with E-state index in [1.165, 1.54) is 14.0 Å². The topological polar surface area (TPSA) is 116 Å². The summed E-state index contributed by atoms with van der Waals surface area (Å²) >= 11 is 0. The molecular formula is C10H22N2O4. The van der Waals surface area contributed by atoms with Crippen LogP contribution < -0.4 is 11.5 Å².